The van der Waals surface area contributed by atoms with E-state index in [2.05, 4.69) is 4.98 Å². The molecule has 0 radical (unpaired) electrons. The summed E-state index contributed by atoms with van der Waals surface area (Å²) in [7, 11) is 0. The van der Waals surface area contributed by atoms with Crippen LogP contribution < -0.4 is 5.73 Å². The smallest absolute Gasteiger partial charge is 0.364 e. The van der Waals surface area contributed by atoms with Gasteiger partial charge in [-0.25, -0.2) is 4.57 Å². The van der Waals surface area contributed by atoms with Crippen molar-refractivity contribution in [1.82, 2.24) is 9.55 Å². The van der Waals surface area contributed by atoms with E-state index >= 15 is 0 Å². The molecule has 0 aliphatic carbocycles. The molecule has 1 amide bonds. The van der Waals surface area contributed by atoms with Crippen molar-refractivity contribution in [2.45, 2.75) is 6.30 Å². The van der Waals surface area contributed by atoms with Gasteiger partial charge >= 0.3 is 6.30 Å². The van der Waals surface area contributed by atoms with E-state index in [0.717, 1.165) is 6.07 Å². The van der Waals surface area contributed by atoms with Gasteiger partial charge in [0.15, 0.2) is 0 Å². The van der Waals surface area contributed by atoms with E-state index in [1.165, 1.54) is 18.3 Å². The van der Waals surface area contributed by atoms with Gasteiger partial charge in [0.05, 0.1) is 11.0 Å². The van der Waals surface area contributed by atoms with Gasteiger partial charge in [0.2, 0.25) is 0 Å². The first-order chi connectivity index (χ1) is 7.41. The van der Waals surface area contributed by atoms with Crippen molar-refractivity contribution in [3.63, 3.8) is 0 Å². The molecule has 0 bridgehead atoms. The Kier molecular flexibility index (Phi) is 2.11. The van der Waals surface area contributed by atoms with Crippen LogP contribution in [0.5, 0.6) is 0 Å². The van der Waals surface area contributed by atoms with Crippen LogP contribution in [0.15, 0.2) is 24.4 Å². The van der Waals surface area contributed by atoms with Crippen molar-refractivity contribution in [2.75, 3.05) is 0 Å². The predicted octanol–water partition coefficient (Wildman–Crippen LogP) is 1.61. The second-order valence-electron chi connectivity index (χ2n) is 3.10. The van der Waals surface area contributed by atoms with Crippen molar-refractivity contribution in [2.24, 2.45) is 5.73 Å². The van der Waals surface area contributed by atoms with Crippen molar-refractivity contribution >= 4 is 16.9 Å². The highest BCUT2D eigenvalue weighted by Gasteiger charge is 2.36. The van der Waals surface area contributed by atoms with Crippen LogP contribution >= 0.6 is 0 Å². The molecule has 2 N–H and O–H groups in total. The van der Waals surface area contributed by atoms with Crippen LogP contribution in [0.2, 0.25) is 0 Å². The Morgan fingerprint density at radius 2 is 2.12 bits per heavy atom. The number of hydrogen-bond acceptors (Lipinski definition) is 2. The second-order valence-corrected chi connectivity index (χ2v) is 3.10. The van der Waals surface area contributed by atoms with Gasteiger partial charge in [-0.05, 0) is 18.2 Å². The highest BCUT2D eigenvalue weighted by Crippen LogP contribution is 2.30. The number of amides is 1. The van der Waals surface area contributed by atoms with Crippen LogP contribution in [-0.2, 0) is 6.30 Å². The lowest BCUT2D eigenvalue weighted by atomic mass is 10.4. The molecule has 0 aliphatic heterocycles. The lowest BCUT2D eigenvalue weighted by Crippen LogP contribution is -2.24. The molecule has 2 aromatic rings. The topological polar surface area (TPSA) is 60.9 Å². The van der Waals surface area contributed by atoms with Gasteiger partial charge in [-0.3, -0.25) is 9.78 Å². The van der Waals surface area contributed by atoms with Gasteiger partial charge in [0.1, 0.15) is 5.69 Å². The Morgan fingerprint density at radius 1 is 1.44 bits per heavy atom. The van der Waals surface area contributed by atoms with E-state index in [0.29, 0.717) is 0 Å². The standard InChI is InChI=1S/C9H6F3N3O/c10-9(11,12)15-6-2-1-3-14-5(6)4-7(15)8(13)16/h1-4H,(H2,13,16). The molecule has 2 heterocycles. The summed E-state index contributed by atoms with van der Waals surface area (Å²) in [5.41, 5.74) is 4.15. The molecular weight excluding hydrogens is 223 g/mol. The van der Waals surface area contributed by atoms with E-state index in [1.54, 1.807) is 0 Å². The number of nitrogens with two attached hydrogens (primary N) is 1. The molecule has 0 spiro atoms. The van der Waals surface area contributed by atoms with E-state index in [1.807, 2.05) is 0 Å². The molecule has 2 rings (SSSR count). The largest absolute Gasteiger partial charge is 0.489 e. The number of halogens is 3. The molecule has 0 saturated carbocycles. The van der Waals surface area contributed by atoms with Gasteiger partial charge in [-0.1, -0.05) is 0 Å². The van der Waals surface area contributed by atoms with Crippen molar-refractivity contribution in [3.05, 3.63) is 30.1 Å². The maximum Gasteiger partial charge on any atom is 0.489 e. The second kappa shape index (κ2) is 3.22. The Morgan fingerprint density at radius 3 is 2.69 bits per heavy atom. The zero-order valence-corrected chi connectivity index (χ0v) is 7.82. The first-order valence-electron chi connectivity index (χ1n) is 4.25. The van der Waals surface area contributed by atoms with Crippen LogP contribution in [0, 0.1) is 0 Å². The summed E-state index contributed by atoms with van der Waals surface area (Å²) in [4.78, 5) is 14.6. The summed E-state index contributed by atoms with van der Waals surface area (Å²) in [6.45, 7) is 0. The number of aromatic nitrogens is 2. The van der Waals surface area contributed by atoms with E-state index in [4.69, 9.17) is 5.73 Å². The maximum atomic E-state index is 12.7. The third-order valence-electron chi connectivity index (χ3n) is 2.08. The molecule has 84 valence electrons. The highest BCUT2D eigenvalue weighted by molar-refractivity contribution is 5.96. The fourth-order valence-electron chi connectivity index (χ4n) is 1.49. The van der Waals surface area contributed by atoms with Crippen molar-refractivity contribution < 1.29 is 18.0 Å². The average Bonchev–Trinajstić information content (AvgIpc) is 2.55. The number of alkyl halides is 3. The molecule has 2 aromatic heterocycles. The summed E-state index contributed by atoms with van der Waals surface area (Å²) in [6.07, 6.45) is -3.36. The van der Waals surface area contributed by atoms with Gasteiger partial charge in [0, 0.05) is 6.20 Å². The summed E-state index contributed by atoms with van der Waals surface area (Å²) in [5.74, 6) is -1.14. The van der Waals surface area contributed by atoms with Crippen molar-refractivity contribution in [1.29, 1.82) is 0 Å². The minimum atomic E-state index is -4.70. The summed E-state index contributed by atoms with van der Waals surface area (Å²) >= 11 is 0. The van der Waals surface area contributed by atoms with E-state index in [-0.39, 0.29) is 15.6 Å². The van der Waals surface area contributed by atoms with Crippen LogP contribution in [0.3, 0.4) is 0 Å². The number of primary amides is 1. The Labute approximate surface area is 87.5 Å². The summed E-state index contributed by atoms with van der Waals surface area (Å²) in [6, 6.07) is 3.60. The van der Waals surface area contributed by atoms with Gasteiger partial charge < -0.3 is 5.73 Å². The van der Waals surface area contributed by atoms with Crippen LogP contribution in [0.4, 0.5) is 13.2 Å². The normalized spacial score (nSPS) is 11.9. The molecule has 16 heavy (non-hydrogen) atoms. The number of pyridine rings is 1. The molecule has 0 unspecified atom stereocenters. The number of nitrogens with zero attached hydrogens (tertiary/aromatic N) is 2. The lowest BCUT2D eigenvalue weighted by molar-refractivity contribution is -0.201. The van der Waals surface area contributed by atoms with Gasteiger partial charge in [-0.2, -0.15) is 0 Å². The Hall–Kier alpha value is -2.05. The number of carbonyl (C=O) groups excluding carboxylic acids is 1. The number of fused-ring (bicyclic) bond motifs is 1. The Balaban J connectivity index is 2.85. The first-order valence-corrected chi connectivity index (χ1v) is 4.25. The molecular formula is C9H6F3N3O. The lowest BCUT2D eigenvalue weighted by Gasteiger charge is -2.11. The minimum Gasteiger partial charge on any atom is -0.364 e. The van der Waals surface area contributed by atoms with Crippen LogP contribution in [-0.4, -0.2) is 15.5 Å². The molecule has 0 saturated heterocycles. The molecule has 7 heteroatoms. The molecule has 0 aliphatic rings. The maximum absolute atomic E-state index is 12.7. The summed E-state index contributed by atoms with van der Waals surface area (Å²) in [5, 5.41) is 0. The minimum absolute atomic E-state index is 0.0718. The number of carbonyl (C=O) groups is 1. The number of hydrogen-bond donors (Lipinski definition) is 1. The van der Waals surface area contributed by atoms with E-state index in [9.17, 15) is 18.0 Å². The third kappa shape index (κ3) is 1.50. The first kappa shape index (κ1) is 10.5. The number of rotatable bonds is 1. The third-order valence-corrected chi connectivity index (χ3v) is 2.08. The predicted molar refractivity (Wildman–Crippen MR) is 49.5 cm³/mol. The highest BCUT2D eigenvalue weighted by atomic mass is 19.4. The molecule has 4 nitrogen and oxygen atoms in total. The average molecular weight is 229 g/mol. The Bertz CT molecular complexity index is 559. The molecule has 0 atom stereocenters. The quantitative estimate of drug-likeness (QED) is 0.807. The van der Waals surface area contributed by atoms with E-state index < -0.39 is 17.9 Å². The molecule has 0 fully saturated rings. The van der Waals surface area contributed by atoms with Crippen LogP contribution in [0.1, 0.15) is 10.5 Å². The van der Waals surface area contributed by atoms with Gasteiger partial charge in [0.25, 0.3) is 5.91 Å². The SMILES string of the molecule is NC(=O)c1cc2ncccc2n1C(F)(F)F. The zero-order valence-electron chi connectivity index (χ0n) is 7.82. The van der Waals surface area contributed by atoms with Gasteiger partial charge in [-0.15, -0.1) is 13.2 Å². The van der Waals surface area contributed by atoms with Crippen molar-refractivity contribution in [3.8, 4) is 0 Å². The summed E-state index contributed by atoms with van der Waals surface area (Å²) < 4.78 is 38.0. The molecule has 0 aromatic carbocycles. The zero-order chi connectivity index (χ0) is 11.9. The fraction of sp³-hybridized carbons (Fsp3) is 0.111. The fourth-order valence-corrected chi connectivity index (χ4v) is 1.49. The monoisotopic (exact) mass is 229 g/mol. The van der Waals surface area contributed by atoms with Crippen LogP contribution in [0.25, 0.3) is 11.0 Å².